The largest absolute Gasteiger partial charge is 0.444 e. The first kappa shape index (κ1) is 27.2. The van der Waals surface area contributed by atoms with Gasteiger partial charge < -0.3 is 24.8 Å². The summed E-state index contributed by atoms with van der Waals surface area (Å²) in [5.74, 6) is 0.834. The molecule has 0 bridgehead atoms. The summed E-state index contributed by atoms with van der Waals surface area (Å²) in [5.41, 5.74) is 2.99. The molecule has 9 heteroatoms. The van der Waals surface area contributed by atoms with Gasteiger partial charge in [-0.15, -0.1) is 0 Å². The summed E-state index contributed by atoms with van der Waals surface area (Å²) in [6.07, 6.45) is 2.11. The summed E-state index contributed by atoms with van der Waals surface area (Å²) in [6.45, 7) is 14.1. The summed E-state index contributed by atoms with van der Waals surface area (Å²) < 4.78 is 5.54. The average Bonchev–Trinajstić information content (AvgIpc) is 2.89. The molecule has 0 aliphatic carbocycles. The number of nitrogens with zero attached hydrogens (tertiary/aromatic N) is 5. The topological polar surface area (TPSA) is 102 Å². The Morgan fingerprint density at radius 3 is 2.42 bits per heavy atom. The van der Waals surface area contributed by atoms with Crippen molar-refractivity contribution >= 4 is 29.2 Å². The SMILES string of the molecule is CCC1[C@H](C)C(Nc2ccc(C#N)cn2)c2cc(N3CCN(C(=O)OC(C)(C)C)CC3)ccc2N1C(C)=O. The molecule has 0 radical (unpaired) electrons. The van der Waals surface area contributed by atoms with Gasteiger partial charge >= 0.3 is 6.09 Å². The van der Waals surface area contributed by atoms with Crippen LogP contribution in [0.25, 0.3) is 0 Å². The van der Waals surface area contributed by atoms with E-state index in [1.807, 2.05) is 37.8 Å². The van der Waals surface area contributed by atoms with Crippen molar-refractivity contribution < 1.29 is 14.3 Å². The molecule has 0 saturated carbocycles. The van der Waals surface area contributed by atoms with Crippen molar-refractivity contribution in [3.63, 3.8) is 0 Å². The maximum atomic E-state index is 12.8. The zero-order valence-corrected chi connectivity index (χ0v) is 23.2. The number of hydrogen-bond acceptors (Lipinski definition) is 7. The van der Waals surface area contributed by atoms with Crippen molar-refractivity contribution in [1.82, 2.24) is 9.88 Å². The molecule has 2 unspecified atom stereocenters. The Kier molecular flexibility index (Phi) is 7.81. The molecular formula is C29H38N6O3. The first-order valence-electron chi connectivity index (χ1n) is 13.3. The van der Waals surface area contributed by atoms with E-state index >= 15 is 0 Å². The number of ether oxygens (including phenoxy) is 1. The van der Waals surface area contributed by atoms with Crippen LogP contribution >= 0.6 is 0 Å². The second kappa shape index (κ2) is 10.9. The van der Waals surface area contributed by atoms with Gasteiger partial charge in [-0.1, -0.05) is 13.8 Å². The standard InChI is InChI=1S/C29H38N6O3/c1-7-24-19(2)27(32-26-11-8-21(17-30)18-31-26)23-16-22(9-10-25(23)35(24)20(3)36)33-12-14-34(15-13-33)28(37)38-29(4,5)6/h8-11,16,18-19,24,27H,7,12-15H2,1-6H3,(H,31,32)/t19-,24?,27?/m0/s1. The number of carbonyl (C=O) groups is 2. The molecule has 38 heavy (non-hydrogen) atoms. The quantitative estimate of drug-likeness (QED) is 0.611. The number of piperazine rings is 1. The van der Waals surface area contributed by atoms with E-state index in [1.165, 1.54) is 0 Å². The van der Waals surface area contributed by atoms with Crippen LogP contribution in [0.3, 0.4) is 0 Å². The zero-order valence-electron chi connectivity index (χ0n) is 23.2. The van der Waals surface area contributed by atoms with Crippen molar-refractivity contribution in [2.24, 2.45) is 5.92 Å². The molecule has 0 spiro atoms. The predicted octanol–water partition coefficient (Wildman–Crippen LogP) is 4.94. The number of nitriles is 1. The molecule has 3 atom stereocenters. The predicted molar refractivity (Wildman–Crippen MR) is 148 cm³/mol. The van der Waals surface area contributed by atoms with Gasteiger partial charge in [0.15, 0.2) is 0 Å². The fraction of sp³-hybridized carbons (Fsp3) is 0.517. The van der Waals surface area contributed by atoms with Crippen molar-refractivity contribution in [2.75, 3.05) is 41.3 Å². The van der Waals surface area contributed by atoms with Gasteiger partial charge in [0.2, 0.25) is 5.91 Å². The third-order valence-electron chi connectivity index (χ3n) is 7.32. The minimum Gasteiger partial charge on any atom is -0.444 e. The Morgan fingerprint density at radius 2 is 1.87 bits per heavy atom. The van der Waals surface area contributed by atoms with Crippen molar-refractivity contribution in [2.45, 2.75) is 65.6 Å². The lowest BCUT2D eigenvalue weighted by Crippen LogP contribution is -2.51. The van der Waals surface area contributed by atoms with Gasteiger partial charge in [-0.25, -0.2) is 9.78 Å². The second-order valence-corrected chi connectivity index (χ2v) is 11.1. The molecule has 2 aromatic rings. The first-order chi connectivity index (χ1) is 18.0. The van der Waals surface area contributed by atoms with Crippen LogP contribution in [-0.4, -0.2) is 59.7 Å². The number of nitrogens with one attached hydrogen (secondary N) is 1. The van der Waals surface area contributed by atoms with Crippen LogP contribution in [0, 0.1) is 17.2 Å². The smallest absolute Gasteiger partial charge is 0.410 e. The van der Waals surface area contributed by atoms with E-state index in [-0.39, 0.29) is 30.0 Å². The highest BCUT2D eigenvalue weighted by atomic mass is 16.6. The van der Waals surface area contributed by atoms with Gasteiger partial charge in [-0.2, -0.15) is 5.26 Å². The number of rotatable bonds is 4. The van der Waals surface area contributed by atoms with Crippen molar-refractivity contribution in [3.05, 3.63) is 47.7 Å². The van der Waals surface area contributed by atoms with Crippen molar-refractivity contribution in [1.29, 1.82) is 5.26 Å². The monoisotopic (exact) mass is 518 g/mol. The van der Waals surface area contributed by atoms with Crippen LogP contribution in [0.2, 0.25) is 0 Å². The highest BCUT2D eigenvalue weighted by Gasteiger charge is 2.40. The average molecular weight is 519 g/mol. The molecule has 2 aliphatic heterocycles. The lowest BCUT2D eigenvalue weighted by Gasteiger charge is -2.46. The van der Waals surface area contributed by atoms with Crippen LogP contribution in [0.1, 0.15) is 65.1 Å². The van der Waals surface area contributed by atoms with E-state index in [4.69, 9.17) is 10.00 Å². The van der Waals surface area contributed by atoms with Crippen LogP contribution in [0.15, 0.2) is 36.5 Å². The summed E-state index contributed by atoms with van der Waals surface area (Å²) in [5, 5.41) is 12.7. The number of carbonyl (C=O) groups excluding carboxylic acids is 2. The maximum Gasteiger partial charge on any atom is 0.410 e. The van der Waals surface area contributed by atoms with Crippen molar-refractivity contribution in [3.8, 4) is 6.07 Å². The minimum absolute atomic E-state index is 0.0265. The third kappa shape index (κ3) is 5.69. The Balaban J connectivity index is 1.62. The number of hydrogen-bond donors (Lipinski definition) is 1. The van der Waals surface area contributed by atoms with Gasteiger partial charge in [0.05, 0.1) is 11.6 Å². The number of aromatic nitrogens is 1. The van der Waals surface area contributed by atoms with Crippen LogP contribution in [0.5, 0.6) is 0 Å². The normalized spacial score (nSPS) is 21.4. The number of anilines is 3. The Bertz CT molecular complexity index is 1210. The molecule has 1 N–H and O–H groups in total. The lowest BCUT2D eigenvalue weighted by molar-refractivity contribution is -0.117. The Hall–Kier alpha value is -3.80. The minimum atomic E-state index is -0.520. The van der Waals surface area contributed by atoms with Gasteiger partial charge in [0.25, 0.3) is 0 Å². The summed E-state index contributed by atoms with van der Waals surface area (Å²) >= 11 is 0. The number of amides is 2. The van der Waals surface area contributed by atoms with E-state index in [0.29, 0.717) is 37.6 Å². The highest BCUT2D eigenvalue weighted by molar-refractivity contribution is 5.94. The van der Waals surface area contributed by atoms with Crippen LogP contribution in [0.4, 0.5) is 22.0 Å². The molecule has 1 fully saturated rings. The molecule has 1 saturated heterocycles. The first-order valence-corrected chi connectivity index (χ1v) is 13.3. The molecule has 9 nitrogen and oxygen atoms in total. The van der Waals surface area contributed by atoms with E-state index < -0.39 is 5.60 Å². The van der Waals surface area contributed by atoms with Crippen LogP contribution < -0.4 is 15.1 Å². The molecular weight excluding hydrogens is 480 g/mol. The second-order valence-electron chi connectivity index (χ2n) is 11.1. The fourth-order valence-electron chi connectivity index (χ4n) is 5.47. The number of benzene rings is 1. The molecule has 3 heterocycles. The van der Waals surface area contributed by atoms with Gasteiger partial charge in [-0.05, 0) is 57.5 Å². The van der Waals surface area contributed by atoms with Gasteiger partial charge in [0, 0.05) is 68.2 Å². The molecule has 4 rings (SSSR count). The summed E-state index contributed by atoms with van der Waals surface area (Å²) in [6, 6.07) is 11.9. The molecule has 1 aromatic carbocycles. The summed E-state index contributed by atoms with van der Waals surface area (Å²) in [4.78, 5) is 35.7. The lowest BCUT2D eigenvalue weighted by atomic mass is 9.80. The maximum absolute atomic E-state index is 12.8. The van der Waals surface area contributed by atoms with E-state index in [1.54, 1.807) is 24.1 Å². The molecule has 202 valence electrons. The zero-order chi connectivity index (χ0) is 27.6. The van der Waals surface area contributed by atoms with Crippen LogP contribution in [-0.2, 0) is 9.53 Å². The summed E-state index contributed by atoms with van der Waals surface area (Å²) in [7, 11) is 0. The molecule has 1 aromatic heterocycles. The van der Waals surface area contributed by atoms with Gasteiger partial charge in [0.1, 0.15) is 17.5 Å². The Labute approximate surface area is 225 Å². The number of pyridine rings is 1. The van der Waals surface area contributed by atoms with E-state index in [0.717, 1.165) is 23.4 Å². The third-order valence-corrected chi connectivity index (χ3v) is 7.32. The molecule has 2 amide bonds. The van der Waals surface area contributed by atoms with Gasteiger partial charge in [-0.3, -0.25) is 4.79 Å². The fourth-order valence-corrected chi connectivity index (χ4v) is 5.47. The Morgan fingerprint density at radius 1 is 1.16 bits per heavy atom. The van der Waals surface area contributed by atoms with E-state index in [2.05, 4.69) is 47.3 Å². The highest BCUT2D eigenvalue weighted by Crippen LogP contribution is 2.44. The van der Waals surface area contributed by atoms with E-state index in [9.17, 15) is 9.59 Å². The molecule has 2 aliphatic rings. The number of fused-ring (bicyclic) bond motifs is 1.